The van der Waals surface area contributed by atoms with E-state index in [0.717, 1.165) is 11.9 Å². The van der Waals surface area contributed by atoms with Gasteiger partial charge in [0.15, 0.2) is 5.69 Å². The number of carbonyl (C=O) groups is 1. The summed E-state index contributed by atoms with van der Waals surface area (Å²) in [5.74, 6) is -2.52. The molecule has 0 aliphatic rings. The summed E-state index contributed by atoms with van der Waals surface area (Å²) in [6, 6.07) is 9.81. The SMILES string of the molecule is O=C(O)c1nc(-c2ccccc2NSc2c(Cl)cc(Cl)cc2Cl)[nH]c(=O)c1O. The minimum atomic E-state index is -1.52. The summed E-state index contributed by atoms with van der Waals surface area (Å²) >= 11 is 19.3. The standard InChI is InChI=1S/C17H10Cl3N3O4S/c18-7-5-9(19)14(10(20)6-7)28-23-11-4-2-1-3-8(11)15-21-12(17(26)27)13(24)16(25)22-15/h1-6,23-24H,(H,26,27)(H,21,22,25). The molecule has 0 fully saturated rings. The summed E-state index contributed by atoms with van der Waals surface area (Å²) in [7, 11) is 0. The third kappa shape index (κ3) is 4.20. The number of nitrogens with zero attached hydrogens (tertiary/aromatic N) is 1. The van der Waals surface area contributed by atoms with Gasteiger partial charge in [0.2, 0.25) is 5.75 Å². The Bertz CT molecular complexity index is 1110. The number of rotatable bonds is 5. The van der Waals surface area contributed by atoms with Gasteiger partial charge in [0, 0.05) is 10.6 Å². The number of benzene rings is 2. The number of hydrogen-bond acceptors (Lipinski definition) is 6. The fourth-order valence-corrected chi connectivity index (χ4v) is 4.01. The normalized spacial score (nSPS) is 10.7. The van der Waals surface area contributed by atoms with Crippen molar-refractivity contribution in [1.29, 1.82) is 0 Å². The van der Waals surface area contributed by atoms with Gasteiger partial charge in [0.1, 0.15) is 5.82 Å². The minimum Gasteiger partial charge on any atom is -0.501 e. The van der Waals surface area contributed by atoms with Crippen molar-refractivity contribution in [2.24, 2.45) is 0 Å². The maximum atomic E-state index is 11.9. The number of nitrogens with one attached hydrogen (secondary N) is 2. The van der Waals surface area contributed by atoms with Crippen LogP contribution in [0.4, 0.5) is 5.69 Å². The zero-order valence-corrected chi connectivity index (χ0v) is 16.7. The number of carboxylic acids is 1. The van der Waals surface area contributed by atoms with Crippen molar-refractivity contribution in [3.05, 3.63) is 67.5 Å². The van der Waals surface area contributed by atoms with Crippen molar-refractivity contribution in [3.8, 4) is 17.1 Å². The number of halogens is 3. The van der Waals surface area contributed by atoms with E-state index >= 15 is 0 Å². The Morgan fingerprint density at radius 3 is 2.43 bits per heavy atom. The molecule has 4 N–H and O–H groups in total. The van der Waals surface area contributed by atoms with Crippen LogP contribution in [0.2, 0.25) is 15.1 Å². The molecule has 28 heavy (non-hydrogen) atoms. The van der Waals surface area contributed by atoms with Crippen molar-refractivity contribution in [2.75, 3.05) is 4.72 Å². The molecule has 0 atom stereocenters. The van der Waals surface area contributed by atoms with Gasteiger partial charge in [0.05, 0.1) is 20.6 Å². The molecule has 0 saturated heterocycles. The van der Waals surface area contributed by atoms with Crippen LogP contribution in [-0.2, 0) is 0 Å². The Kier molecular flexibility index (Phi) is 6.04. The maximum absolute atomic E-state index is 11.9. The van der Waals surface area contributed by atoms with E-state index in [1.165, 1.54) is 0 Å². The highest BCUT2D eigenvalue weighted by Crippen LogP contribution is 2.38. The van der Waals surface area contributed by atoms with Crippen molar-refractivity contribution in [1.82, 2.24) is 9.97 Å². The molecule has 0 saturated carbocycles. The van der Waals surface area contributed by atoms with Crippen LogP contribution in [-0.4, -0.2) is 26.2 Å². The molecule has 0 aliphatic heterocycles. The predicted molar refractivity (Wildman–Crippen MR) is 110 cm³/mol. The number of aromatic hydroxyl groups is 1. The number of hydrogen-bond donors (Lipinski definition) is 4. The first-order chi connectivity index (χ1) is 13.3. The monoisotopic (exact) mass is 457 g/mol. The summed E-state index contributed by atoms with van der Waals surface area (Å²) in [4.78, 5) is 29.8. The van der Waals surface area contributed by atoms with Gasteiger partial charge in [-0.15, -0.1) is 0 Å². The Hall–Kier alpha value is -2.39. The van der Waals surface area contributed by atoms with E-state index in [4.69, 9.17) is 39.9 Å². The topological polar surface area (TPSA) is 115 Å². The van der Waals surface area contributed by atoms with E-state index < -0.39 is 23.0 Å². The smallest absolute Gasteiger partial charge is 0.358 e. The zero-order valence-electron chi connectivity index (χ0n) is 13.7. The van der Waals surface area contributed by atoms with Crippen LogP contribution in [0.5, 0.6) is 5.75 Å². The van der Waals surface area contributed by atoms with E-state index in [9.17, 15) is 14.7 Å². The van der Waals surface area contributed by atoms with E-state index in [1.807, 2.05) is 0 Å². The van der Waals surface area contributed by atoms with Crippen LogP contribution >= 0.6 is 46.8 Å². The van der Waals surface area contributed by atoms with Gasteiger partial charge in [-0.3, -0.25) is 4.79 Å². The van der Waals surface area contributed by atoms with Gasteiger partial charge >= 0.3 is 5.97 Å². The predicted octanol–water partition coefficient (Wildman–Crippen LogP) is 4.92. The molecular formula is C17H10Cl3N3O4S. The van der Waals surface area contributed by atoms with E-state index in [-0.39, 0.29) is 5.82 Å². The van der Waals surface area contributed by atoms with Gasteiger partial charge in [0.25, 0.3) is 5.56 Å². The fraction of sp³-hybridized carbons (Fsp3) is 0. The van der Waals surface area contributed by atoms with Gasteiger partial charge in [-0.05, 0) is 36.2 Å². The second-order valence-corrected chi connectivity index (χ2v) is 7.43. The molecule has 0 spiro atoms. The molecule has 3 rings (SSSR count). The van der Waals surface area contributed by atoms with Crippen molar-refractivity contribution in [3.63, 3.8) is 0 Å². The maximum Gasteiger partial charge on any atom is 0.358 e. The summed E-state index contributed by atoms with van der Waals surface area (Å²) < 4.78 is 3.04. The molecule has 2 aromatic carbocycles. The molecule has 11 heteroatoms. The van der Waals surface area contributed by atoms with Gasteiger partial charge in [-0.25, -0.2) is 9.78 Å². The molecule has 1 aromatic heterocycles. The highest BCUT2D eigenvalue weighted by molar-refractivity contribution is 8.00. The summed E-state index contributed by atoms with van der Waals surface area (Å²) in [6.07, 6.45) is 0. The van der Waals surface area contributed by atoms with E-state index in [0.29, 0.717) is 31.2 Å². The number of para-hydroxylation sites is 1. The fourth-order valence-electron chi connectivity index (χ4n) is 2.25. The largest absolute Gasteiger partial charge is 0.501 e. The van der Waals surface area contributed by atoms with E-state index in [1.54, 1.807) is 36.4 Å². The van der Waals surface area contributed by atoms with Crippen LogP contribution < -0.4 is 10.3 Å². The highest BCUT2D eigenvalue weighted by Gasteiger charge is 2.19. The molecule has 3 aromatic rings. The molecule has 0 radical (unpaired) electrons. The first-order valence-corrected chi connectivity index (χ1v) is 9.46. The lowest BCUT2D eigenvalue weighted by Gasteiger charge is -2.13. The Morgan fingerprint density at radius 2 is 1.79 bits per heavy atom. The van der Waals surface area contributed by atoms with Gasteiger partial charge < -0.3 is 19.9 Å². The number of aromatic nitrogens is 2. The third-order valence-electron chi connectivity index (χ3n) is 3.51. The van der Waals surface area contributed by atoms with Crippen LogP contribution in [0.15, 0.2) is 46.1 Å². The van der Waals surface area contributed by atoms with Crippen molar-refractivity contribution >= 4 is 58.4 Å². The molecule has 0 unspecified atom stereocenters. The number of anilines is 1. The quantitative estimate of drug-likeness (QED) is 0.401. The Labute approximate surface area is 177 Å². The van der Waals surface area contributed by atoms with Gasteiger partial charge in [-0.1, -0.05) is 46.9 Å². The summed E-state index contributed by atoms with van der Waals surface area (Å²) in [6.45, 7) is 0. The Balaban J connectivity index is 2.00. The summed E-state index contributed by atoms with van der Waals surface area (Å²) in [5, 5.41) is 19.8. The highest BCUT2D eigenvalue weighted by atomic mass is 35.5. The zero-order chi connectivity index (χ0) is 20.4. The first-order valence-electron chi connectivity index (χ1n) is 7.51. The van der Waals surface area contributed by atoms with Crippen LogP contribution in [0.1, 0.15) is 10.5 Å². The number of H-pyrrole nitrogens is 1. The van der Waals surface area contributed by atoms with Crippen molar-refractivity contribution in [2.45, 2.75) is 4.90 Å². The third-order valence-corrected chi connectivity index (χ3v) is 5.51. The number of aromatic amines is 1. The van der Waals surface area contributed by atoms with Crippen molar-refractivity contribution < 1.29 is 15.0 Å². The molecule has 7 nitrogen and oxygen atoms in total. The summed E-state index contributed by atoms with van der Waals surface area (Å²) in [5.41, 5.74) is -0.811. The van der Waals surface area contributed by atoms with E-state index in [2.05, 4.69) is 14.7 Å². The lowest BCUT2D eigenvalue weighted by atomic mass is 10.1. The molecule has 0 aliphatic carbocycles. The Morgan fingerprint density at radius 1 is 1.14 bits per heavy atom. The molecule has 144 valence electrons. The second kappa shape index (κ2) is 8.32. The second-order valence-electron chi connectivity index (χ2n) is 5.37. The lowest BCUT2D eigenvalue weighted by Crippen LogP contribution is -2.15. The lowest BCUT2D eigenvalue weighted by molar-refractivity contribution is 0.0686. The first kappa shape index (κ1) is 20.3. The number of carboxylic acid groups (broad SMARTS) is 1. The average molecular weight is 459 g/mol. The molecule has 0 bridgehead atoms. The number of aromatic carboxylic acids is 1. The molecular weight excluding hydrogens is 449 g/mol. The van der Waals surface area contributed by atoms with Crippen LogP contribution in [0, 0.1) is 0 Å². The molecule has 1 heterocycles. The minimum absolute atomic E-state index is 0.0304. The van der Waals surface area contributed by atoms with Crippen LogP contribution in [0.3, 0.4) is 0 Å². The van der Waals surface area contributed by atoms with Crippen LogP contribution in [0.25, 0.3) is 11.4 Å². The molecule has 0 amide bonds. The van der Waals surface area contributed by atoms with Gasteiger partial charge in [-0.2, -0.15) is 0 Å². The average Bonchev–Trinajstić information content (AvgIpc) is 2.63.